The SMILES string of the molecule is CC(C#N)CN(C)Cc1ccsc1C(=O)NN. The van der Waals surface area contributed by atoms with Crippen molar-refractivity contribution < 1.29 is 4.79 Å². The number of hydrogen-bond donors (Lipinski definition) is 2. The van der Waals surface area contributed by atoms with Crippen molar-refractivity contribution in [1.29, 1.82) is 5.26 Å². The third-order valence-corrected chi connectivity index (χ3v) is 3.29. The minimum Gasteiger partial charge on any atom is -0.301 e. The van der Waals surface area contributed by atoms with Gasteiger partial charge in [0.1, 0.15) is 0 Å². The van der Waals surface area contributed by atoms with Crippen molar-refractivity contribution in [2.75, 3.05) is 13.6 Å². The highest BCUT2D eigenvalue weighted by Crippen LogP contribution is 2.18. The lowest BCUT2D eigenvalue weighted by molar-refractivity contribution is 0.0956. The first-order valence-electron chi connectivity index (χ1n) is 5.24. The molecule has 0 saturated heterocycles. The Balaban J connectivity index is 2.66. The second kappa shape index (κ2) is 6.35. The average Bonchev–Trinajstić information content (AvgIpc) is 2.75. The van der Waals surface area contributed by atoms with Gasteiger partial charge in [-0.1, -0.05) is 0 Å². The topological polar surface area (TPSA) is 82.2 Å². The molecule has 1 aromatic rings. The summed E-state index contributed by atoms with van der Waals surface area (Å²) in [5, 5.41) is 10.6. The molecule has 0 saturated carbocycles. The molecule has 6 heteroatoms. The van der Waals surface area contributed by atoms with Crippen LogP contribution >= 0.6 is 11.3 Å². The van der Waals surface area contributed by atoms with Crippen molar-refractivity contribution >= 4 is 17.2 Å². The van der Waals surface area contributed by atoms with Crippen LogP contribution in [0.4, 0.5) is 0 Å². The molecule has 1 atom stereocenters. The van der Waals surface area contributed by atoms with E-state index in [4.69, 9.17) is 11.1 Å². The minimum absolute atomic E-state index is 0.0228. The molecular weight excluding hydrogens is 236 g/mol. The fraction of sp³-hybridized carbons (Fsp3) is 0.455. The van der Waals surface area contributed by atoms with Gasteiger partial charge in [0.15, 0.2) is 0 Å². The molecule has 3 N–H and O–H groups in total. The predicted octanol–water partition coefficient (Wildman–Crippen LogP) is 0.943. The molecule has 0 aliphatic carbocycles. The molecule has 5 nitrogen and oxygen atoms in total. The summed E-state index contributed by atoms with van der Waals surface area (Å²) in [4.78, 5) is 14.1. The number of nitrogens with zero attached hydrogens (tertiary/aromatic N) is 2. The molecule has 1 amide bonds. The summed E-state index contributed by atoms with van der Waals surface area (Å²) in [5.74, 6) is 4.83. The Morgan fingerprint density at radius 3 is 3.06 bits per heavy atom. The molecule has 1 rings (SSSR count). The highest BCUT2D eigenvalue weighted by atomic mass is 32.1. The first-order chi connectivity index (χ1) is 8.08. The molecule has 1 heterocycles. The number of thiophene rings is 1. The van der Waals surface area contributed by atoms with Gasteiger partial charge in [-0.3, -0.25) is 10.2 Å². The highest BCUT2D eigenvalue weighted by Gasteiger charge is 2.14. The molecule has 0 fully saturated rings. The van der Waals surface area contributed by atoms with Crippen LogP contribution in [0.25, 0.3) is 0 Å². The van der Waals surface area contributed by atoms with Crippen LogP contribution in [0.5, 0.6) is 0 Å². The van der Waals surface area contributed by atoms with E-state index in [0.717, 1.165) is 5.56 Å². The van der Waals surface area contributed by atoms with Crippen LogP contribution < -0.4 is 11.3 Å². The molecule has 17 heavy (non-hydrogen) atoms. The third-order valence-electron chi connectivity index (χ3n) is 2.33. The second-order valence-electron chi connectivity index (χ2n) is 3.98. The lowest BCUT2D eigenvalue weighted by Gasteiger charge is -2.17. The van der Waals surface area contributed by atoms with E-state index in [9.17, 15) is 4.79 Å². The predicted molar refractivity (Wildman–Crippen MR) is 67.1 cm³/mol. The molecule has 0 bridgehead atoms. The number of nitrogens with one attached hydrogen (secondary N) is 1. The Bertz CT molecular complexity index is 423. The smallest absolute Gasteiger partial charge is 0.275 e. The maximum atomic E-state index is 11.5. The maximum Gasteiger partial charge on any atom is 0.275 e. The standard InChI is InChI=1S/C11H16N4OS/c1-8(5-12)6-15(2)7-9-3-4-17-10(9)11(16)14-13/h3-4,8H,6-7,13H2,1-2H3,(H,14,16). The van der Waals surface area contributed by atoms with Gasteiger partial charge in [-0.15, -0.1) is 11.3 Å². The summed E-state index contributed by atoms with van der Waals surface area (Å²) < 4.78 is 0. The summed E-state index contributed by atoms with van der Waals surface area (Å²) in [6, 6.07) is 4.09. The van der Waals surface area contributed by atoms with Gasteiger partial charge < -0.3 is 4.90 Å². The number of amides is 1. The highest BCUT2D eigenvalue weighted by molar-refractivity contribution is 7.12. The van der Waals surface area contributed by atoms with Crippen molar-refractivity contribution in [3.8, 4) is 6.07 Å². The van der Waals surface area contributed by atoms with Crippen molar-refractivity contribution in [2.24, 2.45) is 11.8 Å². The number of carbonyl (C=O) groups is 1. The lowest BCUT2D eigenvalue weighted by Crippen LogP contribution is -2.31. The quantitative estimate of drug-likeness (QED) is 0.464. The Kier molecular flexibility index (Phi) is 5.10. The first-order valence-corrected chi connectivity index (χ1v) is 6.12. The van der Waals surface area contributed by atoms with Crippen LogP contribution in [0.2, 0.25) is 0 Å². The van der Waals surface area contributed by atoms with Gasteiger partial charge in [-0.2, -0.15) is 5.26 Å². The Labute approximate surface area is 105 Å². The molecule has 0 spiro atoms. The maximum absolute atomic E-state index is 11.5. The zero-order chi connectivity index (χ0) is 12.8. The number of hydrazine groups is 1. The minimum atomic E-state index is -0.267. The van der Waals surface area contributed by atoms with E-state index in [0.29, 0.717) is 18.0 Å². The van der Waals surface area contributed by atoms with E-state index < -0.39 is 0 Å². The van der Waals surface area contributed by atoms with Crippen LogP contribution in [0.15, 0.2) is 11.4 Å². The molecular formula is C11H16N4OS. The number of carbonyl (C=O) groups excluding carboxylic acids is 1. The monoisotopic (exact) mass is 252 g/mol. The third kappa shape index (κ3) is 3.82. The number of rotatable bonds is 5. The number of nitriles is 1. The summed E-state index contributed by atoms with van der Waals surface area (Å²) in [7, 11) is 1.93. The van der Waals surface area contributed by atoms with Gasteiger partial charge in [0.05, 0.1) is 16.9 Å². The van der Waals surface area contributed by atoms with E-state index >= 15 is 0 Å². The Hall–Kier alpha value is -1.42. The molecule has 1 aromatic heterocycles. The number of nitrogen functional groups attached to an aromatic ring is 1. The summed E-state index contributed by atoms with van der Waals surface area (Å²) in [5.41, 5.74) is 3.07. The van der Waals surface area contributed by atoms with Crippen molar-refractivity contribution in [3.05, 3.63) is 21.9 Å². The lowest BCUT2D eigenvalue weighted by atomic mass is 10.2. The molecule has 0 radical (unpaired) electrons. The molecule has 0 aromatic carbocycles. The van der Waals surface area contributed by atoms with Crippen LogP contribution in [0.1, 0.15) is 22.2 Å². The van der Waals surface area contributed by atoms with Gasteiger partial charge in [-0.25, -0.2) is 5.84 Å². The van der Waals surface area contributed by atoms with Crippen LogP contribution in [0, 0.1) is 17.2 Å². The first kappa shape index (κ1) is 13.6. The zero-order valence-corrected chi connectivity index (χ0v) is 10.8. The fourth-order valence-corrected chi connectivity index (χ4v) is 2.41. The number of hydrogen-bond acceptors (Lipinski definition) is 5. The fourth-order valence-electron chi connectivity index (χ4n) is 1.59. The van der Waals surface area contributed by atoms with E-state index in [1.165, 1.54) is 11.3 Å². The van der Waals surface area contributed by atoms with Crippen LogP contribution in [0.3, 0.4) is 0 Å². The van der Waals surface area contributed by atoms with Crippen molar-refractivity contribution in [2.45, 2.75) is 13.5 Å². The van der Waals surface area contributed by atoms with Crippen LogP contribution in [-0.4, -0.2) is 24.4 Å². The second-order valence-corrected chi connectivity index (χ2v) is 4.89. The molecule has 0 aliphatic heterocycles. The van der Waals surface area contributed by atoms with E-state index in [2.05, 4.69) is 11.5 Å². The van der Waals surface area contributed by atoms with Crippen molar-refractivity contribution in [3.63, 3.8) is 0 Å². The Morgan fingerprint density at radius 2 is 2.47 bits per heavy atom. The van der Waals surface area contributed by atoms with Gasteiger partial charge in [0.2, 0.25) is 0 Å². The van der Waals surface area contributed by atoms with E-state index in [1.54, 1.807) is 0 Å². The average molecular weight is 252 g/mol. The molecule has 92 valence electrons. The van der Waals surface area contributed by atoms with Gasteiger partial charge >= 0.3 is 0 Å². The van der Waals surface area contributed by atoms with Gasteiger partial charge in [0.25, 0.3) is 5.91 Å². The summed E-state index contributed by atoms with van der Waals surface area (Å²) in [6.07, 6.45) is 0. The number of nitrogens with two attached hydrogens (primary N) is 1. The molecule has 1 unspecified atom stereocenters. The Morgan fingerprint density at radius 1 is 1.76 bits per heavy atom. The zero-order valence-electron chi connectivity index (χ0n) is 9.93. The van der Waals surface area contributed by atoms with Crippen LogP contribution in [-0.2, 0) is 6.54 Å². The largest absolute Gasteiger partial charge is 0.301 e. The van der Waals surface area contributed by atoms with Gasteiger partial charge in [0, 0.05) is 13.1 Å². The molecule has 0 aliphatic rings. The van der Waals surface area contributed by atoms with E-state index in [-0.39, 0.29) is 11.8 Å². The van der Waals surface area contributed by atoms with E-state index in [1.807, 2.05) is 30.3 Å². The van der Waals surface area contributed by atoms with Crippen molar-refractivity contribution in [1.82, 2.24) is 10.3 Å². The normalized spacial score (nSPS) is 12.2. The summed E-state index contributed by atoms with van der Waals surface area (Å²) >= 11 is 1.37. The van der Waals surface area contributed by atoms with Gasteiger partial charge in [-0.05, 0) is 31.0 Å². The summed E-state index contributed by atoms with van der Waals surface area (Å²) in [6.45, 7) is 3.19.